The van der Waals surface area contributed by atoms with Gasteiger partial charge in [-0.05, 0) is 25.7 Å². The van der Waals surface area contributed by atoms with Crippen LogP contribution in [0.5, 0.6) is 0 Å². The van der Waals surface area contributed by atoms with Crippen LogP contribution in [0.25, 0.3) is 10.8 Å². The molecule has 3 rings (SSSR count). The lowest BCUT2D eigenvalue weighted by atomic mass is 9.99. The number of hydrazone groups is 1. The number of nitrogens with zero attached hydrogens (tertiary/aromatic N) is 3. The lowest BCUT2D eigenvalue weighted by Crippen LogP contribution is -2.06. The van der Waals surface area contributed by atoms with Gasteiger partial charge < -0.3 is 0 Å². The molecular formula is C16H19ClN4. The van der Waals surface area contributed by atoms with Gasteiger partial charge in [-0.3, -0.25) is 5.43 Å². The van der Waals surface area contributed by atoms with Crippen LogP contribution in [-0.4, -0.2) is 15.9 Å². The van der Waals surface area contributed by atoms with Crippen LogP contribution in [0.2, 0.25) is 5.15 Å². The van der Waals surface area contributed by atoms with Gasteiger partial charge in [0.1, 0.15) is 0 Å². The van der Waals surface area contributed by atoms with Gasteiger partial charge in [-0.25, -0.2) is 0 Å². The van der Waals surface area contributed by atoms with Crippen LogP contribution in [-0.2, 0) is 0 Å². The topological polar surface area (TPSA) is 50.2 Å². The number of anilines is 1. The molecule has 1 heterocycles. The summed E-state index contributed by atoms with van der Waals surface area (Å²) in [5.41, 5.74) is 4.32. The van der Waals surface area contributed by atoms with Gasteiger partial charge in [-0.1, -0.05) is 55.1 Å². The normalized spacial score (nSPS) is 16.3. The molecule has 0 unspecified atom stereocenters. The summed E-state index contributed by atoms with van der Waals surface area (Å²) in [7, 11) is 0. The zero-order valence-corrected chi connectivity index (χ0v) is 12.7. The smallest absolute Gasteiger partial charge is 0.176 e. The first kappa shape index (κ1) is 14.3. The van der Waals surface area contributed by atoms with Crippen molar-refractivity contribution >= 4 is 33.9 Å². The molecule has 1 fully saturated rings. The van der Waals surface area contributed by atoms with E-state index in [0.717, 1.165) is 23.6 Å². The highest BCUT2D eigenvalue weighted by molar-refractivity contribution is 6.34. The zero-order chi connectivity index (χ0) is 14.5. The highest BCUT2D eigenvalue weighted by Crippen LogP contribution is 2.25. The summed E-state index contributed by atoms with van der Waals surface area (Å²) in [6, 6.07) is 7.84. The van der Waals surface area contributed by atoms with E-state index in [9.17, 15) is 0 Å². The predicted molar refractivity (Wildman–Crippen MR) is 87.9 cm³/mol. The van der Waals surface area contributed by atoms with Crippen molar-refractivity contribution in [3.05, 3.63) is 29.4 Å². The molecule has 1 aliphatic rings. The van der Waals surface area contributed by atoms with Gasteiger partial charge in [0.15, 0.2) is 11.0 Å². The van der Waals surface area contributed by atoms with Crippen molar-refractivity contribution in [1.82, 2.24) is 10.2 Å². The standard InChI is InChI=1S/C16H19ClN4/c17-15-13-10-6-7-11-14(13)16(21-19-15)20-18-12-8-4-2-1-3-5-9-12/h6-7,10-11H,1-5,8-9H2,(H,20,21). The van der Waals surface area contributed by atoms with Crippen molar-refractivity contribution in [2.45, 2.75) is 44.9 Å². The van der Waals surface area contributed by atoms with Crippen molar-refractivity contribution in [1.29, 1.82) is 0 Å². The molecule has 0 radical (unpaired) electrons. The van der Waals surface area contributed by atoms with E-state index < -0.39 is 0 Å². The number of halogens is 1. The molecule has 21 heavy (non-hydrogen) atoms. The Balaban J connectivity index is 1.83. The third kappa shape index (κ3) is 3.50. The van der Waals surface area contributed by atoms with Crippen LogP contribution in [0.4, 0.5) is 5.82 Å². The van der Waals surface area contributed by atoms with E-state index in [0.29, 0.717) is 11.0 Å². The van der Waals surface area contributed by atoms with E-state index in [1.54, 1.807) is 0 Å². The molecule has 0 bridgehead atoms. The minimum absolute atomic E-state index is 0.426. The van der Waals surface area contributed by atoms with Crippen molar-refractivity contribution in [3.63, 3.8) is 0 Å². The molecule has 5 heteroatoms. The molecule has 0 spiro atoms. The first-order chi connectivity index (χ1) is 10.3. The molecule has 0 amide bonds. The molecule has 0 atom stereocenters. The maximum absolute atomic E-state index is 6.08. The average molecular weight is 303 g/mol. The second-order valence-corrected chi connectivity index (χ2v) is 5.80. The summed E-state index contributed by atoms with van der Waals surface area (Å²) >= 11 is 6.08. The number of aromatic nitrogens is 2. The first-order valence-electron chi connectivity index (χ1n) is 7.57. The largest absolute Gasteiger partial charge is 0.259 e. The van der Waals surface area contributed by atoms with Crippen LogP contribution < -0.4 is 5.43 Å². The maximum atomic E-state index is 6.08. The first-order valence-corrected chi connectivity index (χ1v) is 7.95. The fourth-order valence-corrected chi connectivity index (χ4v) is 2.91. The number of fused-ring (bicyclic) bond motifs is 1. The summed E-state index contributed by atoms with van der Waals surface area (Å²) in [4.78, 5) is 0. The summed E-state index contributed by atoms with van der Waals surface area (Å²) in [5, 5.41) is 15.0. The fourth-order valence-electron chi connectivity index (χ4n) is 2.71. The Kier molecular flexibility index (Phi) is 4.65. The molecule has 0 aliphatic heterocycles. The summed E-state index contributed by atoms with van der Waals surface area (Å²) < 4.78 is 0. The Bertz CT molecular complexity index is 644. The quantitative estimate of drug-likeness (QED) is 0.811. The van der Waals surface area contributed by atoms with E-state index in [1.165, 1.54) is 37.8 Å². The van der Waals surface area contributed by atoms with E-state index in [2.05, 4.69) is 20.7 Å². The van der Waals surface area contributed by atoms with E-state index in [-0.39, 0.29) is 0 Å². The van der Waals surface area contributed by atoms with Gasteiger partial charge in [-0.2, -0.15) is 5.10 Å². The lowest BCUT2D eigenvalue weighted by molar-refractivity contribution is 0.606. The van der Waals surface area contributed by atoms with E-state index >= 15 is 0 Å². The lowest BCUT2D eigenvalue weighted by Gasteiger charge is -2.11. The number of hydrogen-bond donors (Lipinski definition) is 1. The molecule has 1 N–H and O–H groups in total. The van der Waals surface area contributed by atoms with Crippen LogP contribution in [0.1, 0.15) is 44.9 Å². The summed E-state index contributed by atoms with van der Waals surface area (Å²) in [6.07, 6.45) is 8.58. The van der Waals surface area contributed by atoms with E-state index in [4.69, 9.17) is 11.6 Å². The van der Waals surface area contributed by atoms with Crippen molar-refractivity contribution in [2.75, 3.05) is 5.43 Å². The minimum atomic E-state index is 0.426. The second kappa shape index (κ2) is 6.85. The molecule has 110 valence electrons. The van der Waals surface area contributed by atoms with Crippen molar-refractivity contribution < 1.29 is 0 Å². The number of rotatable bonds is 2. The highest BCUT2D eigenvalue weighted by Gasteiger charge is 2.08. The number of nitrogens with one attached hydrogen (secondary N) is 1. The van der Waals surface area contributed by atoms with Crippen molar-refractivity contribution in [3.8, 4) is 0 Å². The SMILES string of the molecule is Clc1nnc(NN=C2CCCCCCC2)c2ccccc12. The van der Waals surface area contributed by atoms with Gasteiger partial charge >= 0.3 is 0 Å². The predicted octanol–water partition coefficient (Wildman–Crippen LogP) is 4.80. The van der Waals surface area contributed by atoms with Crippen LogP contribution >= 0.6 is 11.6 Å². The monoisotopic (exact) mass is 302 g/mol. The molecule has 1 aromatic heterocycles. The van der Waals surface area contributed by atoms with Crippen LogP contribution in [0.3, 0.4) is 0 Å². The summed E-state index contributed by atoms with van der Waals surface area (Å²) in [6.45, 7) is 0. The Morgan fingerprint density at radius 3 is 2.33 bits per heavy atom. The second-order valence-electron chi connectivity index (χ2n) is 5.44. The summed E-state index contributed by atoms with van der Waals surface area (Å²) in [5.74, 6) is 0.671. The molecule has 2 aromatic rings. The zero-order valence-electron chi connectivity index (χ0n) is 12.0. The molecule has 0 saturated heterocycles. The number of benzene rings is 1. The molecular weight excluding hydrogens is 284 g/mol. The number of hydrogen-bond acceptors (Lipinski definition) is 4. The maximum Gasteiger partial charge on any atom is 0.176 e. The third-order valence-electron chi connectivity index (χ3n) is 3.89. The Morgan fingerprint density at radius 2 is 1.57 bits per heavy atom. The third-order valence-corrected chi connectivity index (χ3v) is 4.17. The Hall–Kier alpha value is -1.68. The van der Waals surface area contributed by atoms with Gasteiger partial charge in [0.2, 0.25) is 0 Å². The minimum Gasteiger partial charge on any atom is -0.259 e. The average Bonchev–Trinajstić information content (AvgIpc) is 2.48. The van der Waals surface area contributed by atoms with Gasteiger partial charge in [0.25, 0.3) is 0 Å². The van der Waals surface area contributed by atoms with Crippen LogP contribution in [0, 0.1) is 0 Å². The van der Waals surface area contributed by atoms with Gasteiger partial charge in [0, 0.05) is 16.5 Å². The van der Waals surface area contributed by atoms with Gasteiger partial charge in [0.05, 0.1) is 0 Å². The van der Waals surface area contributed by atoms with Crippen LogP contribution in [0.15, 0.2) is 29.4 Å². The van der Waals surface area contributed by atoms with Gasteiger partial charge in [-0.15, -0.1) is 10.2 Å². The molecule has 1 aromatic carbocycles. The van der Waals surface area contributed by atoms with E-state index in [1.807, 2.05) is 24.3 Å². The fraction of sp³-hybridized carbons (Fsp3) is 0.438. The molecule has 1 saturated carbocycles. The highest BCUT2D eigenvalue weighted by atomic mass is 35.5. The van der Waals surface area contributed by atoms with Crippen molar-refractivity contribution in [2.24, 2.45) is 5.10 Å². The Morgan fingerprint density at radius 1 is 0.905 bits per heavy atom. The Labute approximate surface area is 129 Å². The molecule has 4 nitrogen and oxygen atoms in total. The molecule has 1 aliphatic carbocycles.